The van der Waals surface area contributed by atoms with Gasteiger partial charge in [0.2, 0.25) is 0 Å². The number of anilines is 3. The molecule has 4 nitrogen and oxygen atoms in total. The first-order valence-corrected chi connectivity index (χ1v) is 8.27. The zero-order valence-electron chi connectivity index (χ0n) is 13.0. The van der Waals surface area contributed by atoms with E-state index >= 15 is 0 Å². The highest BCUT2D eigenvalue weighted by Gasteiger charge is 2.09. The van der Waals surface area contributed by atoms with Crippen LogP contribution in [-0.4, -0.2) is 5.71 Å². The second-order valence-corrected chi connectivity index (χ2v) is 6.20. The van der Waals surface area contributed by atoms with Gasteiger partial charge < -0.3 is 16.2 Å². The molecule has 5 heteroatoms. The predicted molar refractivity (Wildman–Crippen MR) is 104 cm³/mol. The van der Waals surface area contributed by atoms with Gasteiger partial charge in [-0.3, -0.25) is 5.41 Å². The summed E-state index contributed by atoms with van der Waals surface area (Å²) >= 11 is 1.47. The molecule has 0 spiro atoms. The van der Waals surface area contributed by atoms with Crippen molar-refractivity contribution in [2.24, 2.45) is 0 Å². The van der Waals surface area contributed by atoms with Crippen molar-refractivity contribution < 1.29 is 0 Å². The van der Waals surface area contributed by atoms with Crippen molar-refractivity contribution in [3.63, 3.8) is 0 Å². The van der Waals surface area contributed by atoms with Gasteiger partial charge in [0.1, 0.15) is 0 Å². The molecular formula is C19H18N4S. The molecule has 0 aliphatic rings. The summed E-state index contributed by atoms with van der Waals surface area (Å²) in [5.41, 5.74) is 16.0. The van der Waals surface area contributed by atoms with Gasteiger partial charge in [-0.15, -0.1) is 0 Å². The Labute approximate surface area is 145 Å². The van der Waals surface area contributed by atoms with Crippen molar-refractivity contribution in [1.82, 2.24) is 0 Å². The average Bonchev–Trinajstić information content (AvgIpc) is 2.61. The Bertz CT molecular complexity index is 862. The highest BCUT2D eigenvalue weighted by Crippen LogP contribution is 2.26. The van der Waals surface area contributed by atoms with E-state index in [1.165, 1.54) is 11.9 Å². The molecule has 0 aliphatic heterocycles. The fourth-order valence-corrected chi connectivity index (χ4v) is 3.00. The van der Waals surface area contributed by atoms with E-state index in [1.807, 2.05) is 72.8 Å². The lowest BCUT2D eigenvalue weighted by molar-refractivity contribution is 1.45. The van der Waals surface area contributed by atoms with Crippen LogP contribution in [0.5, 0.6) is 0 Å². The minimum atomic E-state index is 0.408. The molecule has 0 fully saturated rings. The molecule has 0 saturated heterocycles. The second-order valence-electron chi connectivity index (χ2n) is 5.32. The van der Waals surface area contributed by atoms with Gasteiger partial charge in [-0.2, -0.15) is 0 Å². The molecule has 0 unspecified atom stereocenters. The van der Waals surface area contributed by atoms with E-state index in [-0.39, 0.29) is 0 Å². The normalized spacial score (nSPS) is 10.3. The van der Waals surface area contributed by atoms with E-state index in [9.17, 15) is 0 Å². The van der Waals surface area contributed by atoms with Crippen LogP contribution in [0.1, 0.15) is 11.1 Å². The second kappa shape index (κ2) is 7.10. The van der Waals surface area contributed by atoms with E-state index in [0.29, 0.717) is 17.0 Å². The zero-order valence-corrected chi connectivity index (χ0v) is 13.8. The molecule has 0 aromatic heterocycles. The first-order chi connectivity index (χ1) is 11.6. The summed E-state index contributed by atoms with van der Waals surface area (Å²) < 4.78 is 3.27. The van der Waals surface area contributed by atoms with Crippen molar-refractivity contribution in [3.8, 4) is 0 Å². The quantitative estimate of drug-likeness (QED) is 0.317. The summed E-state index contributed by atoms with van der Waals surface area (Å²) in [7, 11) is 0. The van der Waals surface area contributed by atoms with Crippen LogP contribution >= 0.6 is 11.9 Å². The number of nitrogen functional groups attached to an aromatic ring is 2. The Morgan fingerprint density at radius 3 is 2.42 bits per heavy atom. The van der Waals surface area contributed by atoms with Crippen LogP contribution in [0.2, 0.25) is 0 Å². The number of hydrogen-bond acceptors (Lipinski definition) is 5. The van der Waals surface area contributed by atoms with Crippen LogP contribution in [0.15, 0.2) is 77.7 Å². The highest BCUT2D eigenvalue weighted by molar-refractivity contribution is 8.00. The fraction of sp³-hybridized carbons (Fsp3) is 0. The number of rotatable bonds is 5. The van der Waals surface area contributed by atoms with E-state index in [1.54, 1.807) is 0 Å². The van der Waals surface area contributed by atoms with Crippen LogP contribution < -0.4 is 16.2 Å². The third-order valence-electron chi connectivity index (χ3n) is 3.53. The predicted octanol–water partition coefficient (Wildman–Crippen LogP) is 4.39. The first-order valence-electron chi connectivity index (χ1n) is 7.46. The monoisotopic (exact) mass is 334 g/mol. The van der Waals surface area contributed by atoms with Gasteiger partial charge in [0.25, 0.3) is 0 Å². The molecule has 3 rings (SSSR count). The van der Waals surface area contributed by atoms with Gasteiger partial charge >= 0.3 is 0 Å². The maximum absolute atomic E-state index is 8.40. The zero-order chi connectivity index (χ0) is 16.9. The minimum Gasteiger partial charge on any atom is -0.399 e. The minimum absolute atomic E-state index is 0.408. The van der Waals surface area contributed by atoms with Gasteiger partial charge in [-0.05, 0) is 48.3 Å². The fourth-order valence-electron chi connectivity index (χ4n) is 2.29. The van der Waals surface area contributed by atoms with E-state index in [4.69, 9.17) is 16.9 Å². The van der Waals surface area contributed by atoms with Crippen LogP contribution in [0.4, 0.5) is 17.1 Å². The van der Waals surface area contributed by atoms with Gasteiger partial charge in [0.15, 0.2) is 0 Å². The molecule has 0 radical (unpaired) electrons. The molecule has 0 saturated carbocycles. The lowest BCUT2D eigenvalue weighted by Gasteiger charge is -2.11. The largest absolute Gasteiger partial charge is 0.399 e. The lowest BCUT2D eigenvalue weighted by Crippen LogP contribution is -2.06. The van der Waals surface area contributed by atoms with Gasteiger partial charge in [0, 0.05) is 33.1 Å². The summed E-state index contributed by atoms with van der Waals surface area (Å²) in [6.07, 6.45) is 0. The lowest BCUT2D eigenvalue weighted by atomic mass is 10.0. The standard InChI is InChI=1S/C19H18N4S/c20-14-7-4-8-16(11-14)24-23-15-9-10-18(21)17(12-15)19(22)13-5-2-1-3-6-13/h1-12,22-23H,20-21H2. The van der Waals surface area contributed by atoms with Crippen molar-refractivity contribution in [2.75, 3.05) is 16.2 Å². The van der Waals surface area contributed by atoms with E-state index in [2.05, 4.69) is 4.72 Å². The van der Waals surface area contributed by atoms with E-state index < -0.39 is 0 Å². The van der Waals surface area contributed by atoms with Crippen molar-refractivity contribution in [1.29, 1.82) is 5.41 Å². The molecule has 0 aliphatic carbocycles. The third kappa shape index (κ3) is 3.70. The van der Waals surface area contributed by atoms with Gasteiger partial charge in [-0.1, -0.05) is 36.4 Å². The molecule has 3 aromatic rings. The molecule has 0 atom stereocenters. The van der Waals surface area contributed by atoms with Crippen LogP contribution in [0.3, 0.4) is 0 Å². The summed E-state index contributed by atoms with van der Waals surface area (Å²) in [5, 5.41) is 8.40. The Morgan fingerprint density at radius 2 is 1.67 bits per heavy atom. The molecule has 0 amide bonds. The smallest absolute Gasteiger partial charge is 0.0705 e. The van der Waals surface area contributed by atoms with Crippen LogP contribution in [0.25, 0.3) is 0 Å². The topological polar surface area (TPSA) is 87.9 Å². The Kier molecular flexibility index (Phi) is 4.72. The summed E-state index contributed by atoms with van der Waals surface area (Å²) in [4.78, 5) is 1.02. The molecule has 3 aromatic carbocycles. The Morgan fingerprint density at radius 1 is 0.875 bits per heavy atom. The number of nitrogens with two attached hydrogens (primary N) is 2. The molecule has 120 valence electrons. The molecular weight excluding hydrogens is 316 g/mol. The van der Waals surface area contributed by atoms with Crippen LogP contribution in [-0.2, 0) is 0 Å². The summed E-state index contributed by atoms with van der Waals surface area (Å²) in [5.74, 6) is 0. The summed E-state index contributed by atoms with van der Waals surface area (Å²) in [6, 6.07) is 22.8. The average molecular weight is 334 g/mol. The van der Waals surface area contributed by atoms with Gasteiger partial charge in [0.05, 0.1) is 5.71 Å². The highest BCUT2D eigenvalue weighted by atomic mass is 32.2. The molecule has 0 heterocycles. The van der Waals surface area contributed by atoms with Crippen molar-refractivity contribution >= 4 is 34.7 Å². The van der Waals surface area contributed by atoms with Crippen LogP contribution in [0, 0.1) is 5.41 Å². The maximum Gasteiger partial charge on any atom is 0.0705 e. The Hall–Kier alpha value is -2.92. The SMILES string of the molecule is N=C(c1ccccc1)c1cc(NSc2cccc(N)c2)ccc1N. The number of hydrogen-bond donors (Lipinski definition) is 4. The van der Waals surface area contributed by atoms with Crippen molar-refractivity contribution in [2.45, 2.75) is 4.90 Å². The Balaban J connectivity index is 1.80. The molecule has 6 N–H and O–H groups in total. The number of nitrogens with one attached hydrogen (secondary N) is 2. The maximum atomic E-state index is 8.40. The first kappa shape index (κ1) is 16.0. The molecule has 24 heavy (non-hydrogen) atoms. The van der Waals surface area contributed by atoms with Gasteiger partial charge in [-0.25, -0.2) is 0 Å². The third-order valence-corrected chi connectivity index (χ3v) is 4.36. The van der Waals surface area contributed by atoms with E-state index in [0.717, 1.165) is 21.8 Å². The van der Waals surface area contributed by atoms with Crippen molar-refractivity contribution in [3.05, 3.63) is 83.9 Å². The molecule has 0 bridgehead atoms. The summed E-state index contributed by atoms with van der Waals surface area (Å²) in [6.45, 7) is 0. The number of benzene rings is 3.